The fourth-order valence-corrected chi connectivity index (χ4v) is 1.88. The number of nitrogens with one attached hydrogen (secondary N) is 1. The number of ether oxygens (including phenoxy) is 1. The van der Waals surface area contributed by atoms with Crippen LogP contribution in [0.2, 0.25) is 0 Å². The van der Waals surface area contributed by atoms with Gasteiger partial charge in [-0.1, -0.05) is 6.08 Å². The zero-order valence-corrected chi connectivity index (χ0v) is 10.9. The Bertz CT molecular complexity index is 664. The first-order valence-electron chi connectivity index (χ1n) is 5.80. The largest absolute Gasteiger partial charge is 0.504 e. The Kier molecular flexibility index (Phi) is 3.69. The number of phenols is 1. The summed E-state index contributed by atoms with van der Waals surface area (Å²) in [6.07, 6.45) is 2.29. The molecule has 0 atom stereocenters. The predicted octanol–water partition coefficient (Wildman–Crippen LogP) is 1.01. The summed E-state index contributed by atoms with van der Waals surface area (Å²) in [6, 6.07) is 3.37. The number of primary amides is 1. The minimum Gasteiger partial charge on any atom is -0.504 e. The molecule has 0 bridgehead atoms. The number of aromatic nitrogens is 3. The number of aromatic amines is 1. The van der Waals surface area contributed by atoms with E-state index in [1.54, 1.807) is 18.2 Å². The Labute approximate surface area is 115 Å². The standard InChI is InChI=1S/C13H14N4O3/c1-3-4-7-5-8(12(18)9(6-7)20-2)10-11(13(14)19)16-17-15-10/h3,5-6,18H,1,4H2,2H3,(H2,14,19)(H,15,16,17). The van der Waals surface area contributed by atoms with Gasteiger partial charge in [-0.2, -0.15) is 15.4 Å². The number of methoxy groups -OCH3 is 1. The smallest absolute Gasteiger partial charge is 0.271 e. The number of benzene rings is 1. The molecule has 1 amide bonds. The van der Waals surface area contributed by atoms with E-state index in [4.69, 9.17) is 10.5 Å². The summed E-state index contributed by atoms with van der Waals surface area (Å²) < 4.78 is 5.11. The van der Waals surface area contributed by atoms with Crippen LogP contribution in [0.5, 0.6) is 11.5 Å². The van der Waals surface area contributed by atoms with E-state index in [1.165, 1.54) is 7.11 Å². The number of hydrogen-bond acceptors (Lipinski definition) is 5. The van der Waals surface area contributed by atoms with Crippen LogP contribution in [0.15, 0.2) is 24.8 Å². The molecule has 7 heteroatoms. The first kappa shape index (κ1) is 13.6. The van der Waals surface area contributed by atoms with Gasteiger partial charge in [0.1, 0.15) is 5.69 Å². The van der Waals surface area contributed by atoms with Crippen molar-refractivity contribution in [3.63, 3.8) is 0 Å². The highest BCUT2D eigenvalue weighted by atomic mass is 16.5. The summed E-state index contributed by atoms with van der Waals surface area (Å²) in [5.41, 5.74) is 6.53. The van der Waals surface area contributed by atoms with E-state index in [2.05, 4.69) is 22.0 Å². The third kappa shape index (κ3) is 2.33. The molecular weight excluding hydrogens is 260 g/mol. The maximum absolute atomic E-state index is 11.3. The van der Waals surface area contributed by atoms with Crippen molar-refractivity contribution in [2.45, 2.75) is 6.42 Å². The minimum absolute atomic E-state index is 0.0434. The van der Waals surface area contributed by atoms with Crippen LogP contribution < -0.4 is 10.5 Å². The van der Waals surface area contributed by atoms with Crippen molar-refractivity contribution in [3.05, 3.63) is 36.0 Å². The van der Waals surface area contributed by atoms with Crippen LogP contribution in [-0.2, 0) is 6.42 Å². The molecule has 2 rings (SSSR count). The molecular formula is C13H14N4O3. The molecule has 2 aromatic rings. The minimum atomic E-state index is -0.735. The van der Waals surface area contributed by atoms with Crippen LogP contribution >= 0.6 is 0 Å². The normalized spacial score (nSPS) is 10.2. The maximum Gasteiger partial charge on any atom is 0.271 e. The topological polar surface area (TPSA) is 114 Å². The lowest BCUT2D eigenvalue weighted by molar-refractivity contribution is 0.0996. The van der Waals surface area contributed by atoms with Gasteiger partial charge in [-0.25, -0.2) is 0 Å². The number of amides is 1. The average molecular weight is 274 g/mol. The molecule has 1 aromatic heterocycles. The van der Waals surface area contributed by atoms with Crippen molar-refractivity contribution in [1.82, 2.24) is 15.4 Å². The maximum atomic E-state index is 11.3. The Morgan fingerprint density at radius 3 is 2.90 bits per heavy atom. The van der Waals surface area contributed by atoms with Crippen molar-refractivity contribution in [3.8, 4) is 22.8 Å². The van der Waals surface area contributed by atoms with Crippen LogP contribution in [0.3, 0.4) is 0 Å². The fraction of sp³-hybridized carbons (Fsp3) is 0.154. The second-order valence-electron chi connectivity index (χ2n) is 4.07. The average Bonchev–Trinajstić information content (AvgIpc) is 2.90. The van der Waals surface area contributed by atoms with E-state index < -0.39 is 5.91 Å². The summed E-state index contributed by atoms with van der Waals surface area (Å²) in [4.78, 5) is 11.3. The number of hydrogen-bond donors (Lipinski definition) is 3. The number of nitrogens with two attached hydrogens (primary N) is 1. The number of allylic oxidation sites excluding steroid dienone is 1. The molecule has 104 valence electrons. The van der Waals surface area contributed by atoms with Gasteiger partial charge in [0.25, 0.3) is 5.91 Å². The fourth-order valence-electron chi connectivity index (χ4n) is 1.88. The number of nitrogens with zero attached hydrogens (tertiary/aromatic N) is 2. The summed E-state index contributed by atoms with van der Waals surface area (Å²) in [6.45, 7) is 3.66. The number of phenolic OH excluding ortho intramolecular Hbond substituents is 1. The first-order chi connectivity index (χ1) is 9.58. The highest BCUT2D eigenvalue weighted by molar-refractivity contribution is 5.97. The van der Waals surface area contributed by atoms with Crippen molar-refractivity contribution >= 4 is 5.91 Å². The molecule has 0 radical (unpaired) electrons. The molecule has 20 heavy (non-hydrogen) atoms. The van der Waals surface area contributed by atoms with E-state index in [9.17, 15) is 9.90 Å². The highest BCUT2D eigenvalue weighted by Gasteiger charge is 2.21. The number of rotatable bonds is 5. The summed E-state index contributed by atoms with van der Waals surface area (Å²) >= 11 is 0. The van der Waals surface area contributed by atoms with Crippen LogP contribution in [0.4, 0.5) is 0 Å². The van der Waals surface area contributed by atoms with Crippen LogP contribution in [0.25, 0.3) is 11.3 Å². The number of carbonyl (C=O) groups excluding carboxylic acids is 1. The van der Waals surface area contributed by atoms with Gasteiger partial charge in [0.05, 0.1) is 12.7 Å². The van der Waals surface area contributed by atoms with E-state index in [-0.39, 0.29) is 22.9 Å². The molecule has 0 aliphatic heterocycles. The van der Waals surface area contributed by atoms with E-state index in [0.717, 1.165) is 5.56 Å². The molecule has 4 N–H and O–H groups in total. The van der Waals surface area contributed by atoms with Crippen molar-refractivity contribution in [2.75, 3.05) is 7.11 Å². The summed E-state index contributed by atoms with van der Waals surface area (Å²) in [7, 11) is 1.44. The first-order valence-corrected chi connectivity index (χ1v) is 5.80. The van der Waals surface area contributed by atoms with Gasteiger partial charge in [0, 0.05) is 0 Å². The Morgan fingerprint density at radius 2 is 2.30 bits per heavy atom. The van der Waals surface area contributed by atoms with Crippen LogP contribution in [0.1, 0.15) is 16.1 Å². The molecule has 0 fully saturated rings. The number of carbonyl (C=O) groups is 1. The van der Waals surface area contributed by atoms with Crippen molar-refractivity contribution in [2.24, 2.45) is 5.73 Å². The second-order valence-corrected chi connectivity index (χ2v) is 4.07. The zero-order valence-electron chi connectivity index (χ0n) is 10.9. The molecule has 0 unspecified atom stereocenters. The molecule has 0 saturated heterocycles. The summed E-state index contributed by atoms with van der Waals surface area (Å²) in [5, 5.41) is 20.0. The van der Waals surface area contributed by atoms with Crippen molar-refractivity contribution in [1.29, 1.82) is 0 Å². The molecule has 0 spiro atoms. The SMILES string of the molecule is C=CCc1cc(OC)c(O)c(-c2n[nH]nc2C(N)=O)c1. The molecule has 0 saturated carbocycles. The van der Waals surface area contributed by atoms with Gasteiger partial charge in [-0.3, -0.25) is 4.79 Å². The van der Waals surface area contributed by atoms with Gasteiger partial charge in [0.15, 0.2) is 17.2 Å². The lowest BCUT2D eigenvalue weighted by atomic mass is 10.0. The van der Waals surface area contributed by atoms with Gasteiger partial charge < -0.3 is 15.6 Å². The third-order valence-corrected chi connectivity index (χ3v) is 2.77. The quantitative estimate of drug-likeness (QED) is 0.704. The molecule has 7 nitrogen and oxygen atoms in total. The van der Waals surface area contributed by atoms with Crippen molar-refractivity contribution < 1.29 is 14.6 Å². The number of aromatic hydroxyl groups is 1. The molecule has 1 heterocycles. The zero-order chi connectivity index (χ0) is 14.7. The Balaban J connectivity index is 2.65. The Morgan fingerprint density at radius 1 is 1.55 bits per heavy atom. The monoisotopic (exact) mass is 274 g/mol. The number of H-pyrrole nitrogens is 1. The highest BCUT2D eigenvalue weighted by Crippen LogP contribution is 2.38. The van der Waals surface area contributed by atoms with Crippen LogP contribution in [0, 0.1) is 0 Å². The second kappa shape index (κ2) is 5.43. The molecule has 1 aromatic carbocycles. The Hall–Kier alpha value is -2.83. The third-order valence-electron chi connectivity index (χ3n) is 2.77. The molecule has 0 aliphatic carbocycles. The van der Waals surface area contributed by atoms with Gasteiger partial charge in [-0.05, 0) is 24.1 Å². The molecule has 0 aliphatic rings. The van der Waals surface area contributed by atoms with Gasteiger partial charge >= 0.3 is 0 Å². The van der Waals surface area contributed by atoms with E-state index in [0.29, 0.717) is 12.0 Å². The van der Waals surface area contributed by atoms with Gasteiger partial charge in [-0.15, -0.1) is 6.58 Å². The van der Waals surface area contributed by atoms with E-state index >= 15 is 0 Å². The van der Waals surface area contributed by atoms with E-state index in [1.807, 2.05) is 0 Å². The summed E-state index contributed by atoms with van der Waals surface area (Å²) in [5.74, 6) is -0.587. The van der Waals surface area contributed by atoms with Gasteiger partial charge in [0.2, 0.25) is 0 Å². The lowest BCUT2D eigenvalue weighted by Crippen LogP contribution is -2.12. The van der Waals surface area contributed by atoms with Crippen LogP contribution in [-0.4, -0.2) is 33.5 Å². The lowest BCUT2D eigenvalue weighted by Gasteiger charge is -2.10. The predicted molar refractivity (Wildman–Crippen MR) is 72.5 cm³/mol.